The van der Waals surface area contributed by atoms with Gasteiger partial charge in [0, 0.05) is 23.1 Å². The Morgan fingerprint density at radius 3 is 2.50 bits per heavy atom. The number of rotatable bonds is 4. The van der Waals surface area contributed by atoms with Crippen molar-refractivity contribution < 1.29 is 24.3 Å². The fourth-order valence-electron chi connectivity index (χ4n) is 1.71. The number of carboxylic acids is 1. The molecule has 6 nitrogen and oxygen atoms in total. The van der Waals surface area contributed by atoms with Gasteiger partial charge in [-0.15, -0.1) is 0 Å². The molecule has 0 aliphatic carbocycles. The molecular weight excluding hydrogens is 245 g/mol. The Morgan fingerprint density at radius 1 is 1.50 bits per heavy atom. The summed E-state index contributed by atoms with van der Waals surface area (Å²) in [5.74, 6) is -2.77. The minimum absolute atomic E-state index is 0.0259. The number of hydrogen-bond acceptors (Lipinski definition) is 4. The maximum absolute atomic E-state index is 13.2. The molecule has 0 aromatic heterocycles. The molecule has 18 heavy (non-hydrogen) atoms. The van der Waals surface area contributed by atoms with Crippen LogP contribution in [0.25, 0.3) is 0 Å². The zero-order valence-corrected chi connectivity index (χ0v) is 9.81. The number of aromatic hydroxyl groups is 1. The molecule has 0 atom stereocenters. The molecule has 0 bridgehead atoms. The number of nitro benzene ring substituents is 1. The fraction of sp³-hybridized carbons (Fsp3) is 0.364. The first-order valence-electron chi connectivity index (χ1n) is 5.04. The van der Waals surface area contributed by atoms with Gasteiger partial charge in [-0.25, -0.2) is 0 Å². The van der Waals surface area contributed by atoms with E-state index in [4.69, 9.17) is 5.11 Å². The van der Waals surface area contributed by atoms with E-state index in [2.05, 4.69) is 0 Å². The number of hydrogen-bond donors (Lipinski definition) is 2. The van der Waals surface area contributed by atoms with Crippen LogP contribution in [0.4, 0.5) is 10.1 Å². The normalized spacial score (nSPS) is 11.3. The fourth-order valence-corrected chi connectivity index (χ4v) is 1.71. The highest BCUT2D eigenvalue weighted by Gasteiger charge is 2.30. The second-order valence-corrected chi connectivity index (χ2v) is 4.53. The third-order valence-corrected chi connectivity index (χ3v) is 2.58. The molecule has 98 valence electrons. The Bertz CT molecular complexity index is 512. The summed E-state index contributed by atoms with van der Waals surface area (Å²) in [5, 5.41) is 28.9. The average molecular weight is 257 g/mol. The Balaban J connectivity index is 3.36. The van der Waals surface area contributed by atoms with Gasteiger partial charge in [-0.3, -0.25) is 14.9 Å². The van der Waals surface area contributed by atoms with Gasteiger partial charge in [-0.1, -0.05) is 13.8 Å². The van der Waals surface area contributed by atoms with Gasteiger partial charge in [0.25, 0.3) is 0 Å². The highest BCUT2D eigenvalue weighted by atomic mass is 19.1. The molecule has 0 aliphatic heterocycles. The molecule has 0 saturated heterocycles. The van der Waals surface area contributed by atoms with Gasteiger partial charge in [0.15, 0.2) is 0 Å². The summed E-state index contributed by atoms with van der Waals surface area (Å²) in [6, 6.07) is 1.49. The van der Waals surface area contributed by atoms with Crippen LogP contribution in [0.5, 0.6) is 5.75 Å². The van der Waals surface area contributed by atoms with E-state index in [-0.39, 0.29) is 12.0 Å². The minimum Gasteiger partial charge on any atom is -0.508 e. The lowest BCUT2D eigenvalue weighted by Crippen LogP contribution is -2.22. The van der Waals surface area contributed by atoms with E-state index in [1.165, 1.54) is 13.8 Å². The third-order valence-electron chi connectivity index (χ3n) is 2.58. The maximum atomic E-state index is 13.2. The SMILES string of the molecule is CC(C)(CC(=O)O)c1cc([N+](=O)[O-])c(F)cc1O. The van der Waals surface area contributed by atoms with E-state index < -0.39 is 33.6 Å². The second kappa shape index (κ2) is 4.59. The van der Waals surface area contributed by atoms with Gasteiger partial charge in [0.05, 0.1) is 11.3 Å². The van der Waals surface area contributed by atoms with Crippen LogP contribution in [-0.2, 0) is 10.2 Å². The summed E-state index contributed by atoms with van der Waals surface area (Å²) in [7, 11) is 0. The number of halogens is 1. The van der Waals surface area contributed by atoms with Crippen molar-refractivity contribution in [2.75, 3.05) is 0 Å². The summed E-state index contributed by atoms with van der Waals surface area (Å²) >= 11 is 0. The van der Waals surface area contributed by atoms with E-state index in [0.717, 1.165) is 6.07 Å². The molecule has 0 spiro atoms. The van der Waals surface area contributed by atoms with Crippen molar-refractivity contribution in [3.8, 4) is 5.75 Å². The molecule has 2 N–H and O–H groups in total. The molecule has 0 amide bonds. The second-order valence-electron chi connectivity index (χ2n) is 4.53. The monoisotopic (exact) mass is 257 g/mol. The summed E-state index contributed by atoms with van der Waals surface area (Å²) in [5.41, 5.74) is -1.81. The van der Waals surface area contributed by atoms with Crippen LogP contribution < -0.4 is 0 Å². The molecule has 0 saturated carbocycles. The highest BCUT2D eigenvalue weighted by molar-refractivity contribution is 5.69. The lowest BCUT2D eigenvalue weighted by atomic mass is 9.81. The zero-order chi connectivity index (χ0) is 14.1. The molecule has 0 unspecified atom stereocenters. The number of carboxylic acid groups (broad SMARTS) is 1. The van der Waals surface area contributed by atoms with Crippen LogP contribution in [0.15, 0.2) is 12.1 Å². The predicted molar refractivity (Wildman–Crippen MR) is 60.0 cm³/mol. The standard InChI is InChI=1S/C11H12FNO5/c1-11(2,5-10(15)16)6-3-8(13(17)18)7(12)4-9(6)14/h3-4,14H,5H2,1-2H3,(H,15,16). The number of nitrogens with zero attached hydrogens (tertiary/aromatic N) is 1. The van der Waals surface area contributed by atoms with E-state index in [1.807, 2.05) is 0 Å². The van der Waals surface area contributed by atoms with Gasteiger partial charge in [0.1, 0.15) is 5.75 Å². The largest absolute Gasteiger partial charge is 0.508 e. The van der Waals surface area contributed by atoms with Gasteiger partial charge in [-0.2, -0.15) is 4.39 Å². The van der Waals surface area contributed by atoms with Crippen molar-refractivity contribution in [3.05, 3.63) is 33.6 Å². The number of carbonyl (C=O) groups is 1. The molecule has 0 heterocycles. The third kappa shape index (κ3) is 2.73. The number of aliphatic carboxylic acids is 1. The van der Waals surface area contributed by atoms with Crippen molar-refractivity contribution in [3.63, 3.8) is 0 Å². The van der Waals surface area contributed by atoms with Crippen LogP contribution in [0.1, 0.15) is 25.8 Å². The summed E-state index contributed by atoms with van der Waals surface area (Å²) in [4.78, 5) is 20.4. The minimum atomic E-state index is -1.16. The van der Waals surface area contributed by atoms with Crippen LogP contribution >= 0.6 is 0 Å². The lowest BCUT2D eigenvalue weighted by Gasteiger charge is -2.23. The first-order valence-corrected chi connectivity index (χ1v) is 5.04. The molecule has 0 fully saturated rings. The van der Waals surface area contributed by atoms with Crippen LogP contribution in [-0.4, -0.2) is 21.1 Å². The van der Waals surface area contributed by atoms with Crippen molar-refractivity contribution in [2.45, 2.75) is 25.7 Å². The van der Waals surface area contributed by atoms with E-state index in [0.29, 0.717) is 6.07 Å². The van der Waals surface area contributed by atoms with Crippen molar-refractivity contribution in [1.29, 1.82) is 0 Å². The highest BCUT2D eigenvalue weighted by Crippen LogP contribution is 2.37. The number of phenols is 1. The summed E-state index contributed by atoms with van der Waals surface area (Å²) < 4.78 is 13.2. The topological polar surface area (TPSA) is 101 Å². The molecule has 1 aromatic rings. The quantitative estimate of drug-likeness (QED) is 0.636. The molecular formula is C11H12FNO5. The van der Waals surface area contributed by atoms with Crippen LogP contribution in [0.2, 0.25) is 0 Å². The zero-order valence-electron chi connectivity index (χ0n) is 9.81. The number of nitro groups is 1. The van der Waals surface area contributed by atoms with E-state index >= 15 is 0 Å². The average Bonchev–Trinajstić information content (AvgIpc) is 2.13. The van der Waals surface area contributed by atoms with Crippen molar-refractivity contribution >= 4 is 11.7 Å². The number of benzene rings is 1. The summed E-state index contributed by atoms with van der Waals surface area (Å²) in [6.07, 6.45) is -0.344. The number of phenolic OH excluding ortho intramolecular Hbond substituents is 1. The molecule has 1 aromatic carbocycles. The van der Waals surface area contributed by atoms with Crippen LogP contribution in [0, 0.1) is 15.9 Å². The maximum Gasteiger partial charge on any atom is 0.305 e. The summed E-state index contributed by atoms with van der Waals surface area (Å²) in [6.45, 7) is 3.00. The first-order chi connectivity index (χ1) is 8.15. The van der Waals surface area contributed by atoms with Crippen molar-refractivity contribution in [1.82, 2.24) is 0 Å². The lowest BCUT2D eigenvalue weighted by molar-refractivity contribution is -0.387. The Kier molecular flexibility index (Phi) is 3.54. The van der Waals surface area contributed by atoms with E-state index in [9.17, 15) is 24.4 Å². The predicted octanol–water partition coefficient (Wildman–Crippen LogP) is 2.19. The Morgan fingerprint density at radius 2 is 2.06 bits per heavy atom. The van der Waals surface area contributed by atoms with Gasteiger partial charge < -0.3 is 10.2 Å². The molecule has 0 radical (unpaired) electrons. The Labute approximate surface area is 102 Å². The van der Waals surface area contributed by atoms with Gasteiger partial charge >= 0.3 is 11.7 Å². The van der Waals surface area contributed by atoms with Gasteiger partial charge in [-0.05, 0) is 0 Å². The first kappa shape index (κ1) is 13.9. The van der Waals surface area contributed by atoms with Crippen LogP contribution in [0.3, 0.4) is 0 Å². The smallest absolute Gasteiger partial charge is 0.305 e. The molecule has 7 heteroatoms. The van der Waals surface area contributed by atoms with Crippen molar-refractivity contribution in [2.24, 2.45) is 0 Å². The van der Waals surface area contributed by atoms with E-state index in [1.54, 1.807) is 0 Å². The molecule has 1 rings (SSSR count). The molecule has 0 aliphatic rings. The van der Waals surface area contributed by atoms with Gasteiger partial charge in [0.2, 0.25) is 5.82 Å². The Hall–Kier alpha value is -2.18.